The van der Waals surface area contributed by atoms with Crippen LogP contribution in [0.15, 0.2) is 47.2 Å². The maximum absolute atomic E-state index is 5.38. The minimum absolute atomic E-state index is 0.863. The molecule has 4 heteroatoms. The number of rotatable bonds is 3. The minimum atomic E-state index is 0.863. The van der Waals surface area contributed by atoms with Gasteiger partial charge in [-0.05, 0) is 58.2 Å². The van der Waals surface area contributed by atoms with E-state index in [2.05, 4.69) is 38.3 Å². The van der Waals surface area contributed by atoms with Gasteiger partial charge in [-0.2, -0.15) is 0 Å². The fraction of sp³-hybridized carbons (Fsp3) is 0.188. The quantitative estimate of drug-likeness (QED) is 0.714. The Balaban J connectivity index is 2.21. The molecule has 2 aromatic heterocycles. The molecule has 0 amide bonds. The van der Waals surface area contributed by atoms with Gasteiger partial charge >= 0.3 is 0 Å². The lowest BCUT2D eigenvalue weighted by Crippen LogP contribution is -1.93. The van der Waals surface area contributed by atoms with Crippen molar-refractivity contribution in [3.63, 3.8) is 0 Å². The number of ether oxygens (including phenoxy) is 1. The minimum Gasteiger partial charge on any atom is -0.496 e. The standard InChI is InChI=1S/C16H15BrN2O/c1-3-11-10-12(7-8-14(11)20-2)16-18-15(17)13-6-4-5-9-19(13)16/h4-10H,3H2,1-2H3. The number of methoxy groups -OCH3 is 1. The Bertz CT molecular complexity index is 764. The van der Waals surface area contributed by atoms with E-state index in [0.717, 1.165) is 33.7 Å². The fourth-order valence-electron chi connectivity index (χ4n) is 2.40. The number of fused-ring (bicyclic) bond motifs is 1. The zero-order valence-electron chi connectivity index (χ0n) is 11.4. The van der Waals surface area contributed by atoms with Gasteiger partial charge in [0.1, 0.15) is 16.2 Å². The number of hydrogen-bond donors (Lipinski definition) is 0. The first-order chi connectivity index (χ1) is 9.74. The third kappa shape index (κ3) is 2.10. The maximum Gasteiger partial charge on any atom is 0.145 e. The highest BCUT2D eigenvalue weighted by molar-refractivity contribution is 9.10. The van der Waals surface area contributed by atoms with Gasteiger partial charge < -0.3 is 4.74 Å². The van der Waals surface area contributed by atoms with Crippen LogP contribution in [-0.4, -0.2) is 16.5 Å². The largest absolute Gasteiger partial charge is 0.496 e. The number of halogens is 1. The Morgan fingerprint density at radius 2 is 2.10 bits per heavy atom. The molecule has 0 radical (unpaired) electrons. The van der Waals surface area contributed by atoms with E-state index in [1.54, 1.807) is 7.11 Å². The molecule has 0 N–H and O–H groups in total. The van der Waals surface area contributed by atoms with Gasteiger partial charge in [0.15, 0.2) is 0 Å². The number of pyridine rings is 1. The lowest BCUT2D eigenvalue weighted by molar-refractivity contribution is 0.410. The highest BCUT2D eigenvalue weighted by Crippen LogP contribution is 2.29. The topological polar surface area (TPSA) is 26.5 Å². The van der Waals surface area contributed by atoms with E-state index in [-0.39, 0.29) is 0 Å². The average molecular weight is 331 g/mol. The molecular formula is C16H15BrN2O. The molecule has 3 nitrogen and oxygen atoms in total. The van der Waals surface area contributed by atoms with E-state index in [0.29, 0.717) is 0 Å². The third-order valence-corrected chi connectivity index (χ3v) is 4.01. The van der Waals surface area contributed by atoms with Crippen LogP contribution in [0.1, 0.15) is 12.5 Å². The number of aryl methyl sites for hydroxylation is 1. The lowest BCUT2D eigenvalue weighted by atomic mass is 10.1. The van der Waals surface area contributed by atoms with Crippen LogP contribution in [-0.2, 0) is 6.42 Å². The van der Waals surface area contributed by atoms with Crippen LogP contribution in [0.25, 0.3) is 16.9 Å². The first-order valence-electron chi connectivity index (χ1n) is 6.54. The zero-order valence-corrected chi connectivity index (χ0v) is 13.0. The summed E-state index contributed by atoms with van der Waals surface area (Å²) < 4.78 is 8.33. The summed E-state index contributed by atoms with van der Waals surface area (Å²) in [7, 11) is 1.70. The van der Waals surface area contributed by atoms with Crippen LogP contribution in [0.5, 0.6) is 5.75 Å². The van der Waals surface area contributed by atoms with Gasteiger partial charge in [0.05, 0.1) is 12.6 Å². The molecule has 0 saturated carbocycles. The number of benzene rings is 1. The molecule has 0 aliphatic carbocycles. The van der Waals surface area contributed by atoms with E-state index < -0.39 is 0 Å². The van der Waals surface area contributed by atoms with Crippen LogP contribution in [0.4, 0.5) is 0 Å². The van der Waals surface area contributed by atoms with Crippen molar-refractivity contribution in [1.82, 2.24) is 9.38 Å². The van der Waals surface area contributed by atoms with Crippen molar-refractivity contribution >= 4 is 21.4 Å². The van der Waals surface area contributed by atoms with Gasteiger partial charge in [0, 0.05) is 11.8 Å². The Morgan fingerprint density at radius 1 is 1.25 bits per heavy atom. The average Bonchev–Trinajstić information content (AvgIpc) is 2.84. The number of nitrogens with zero attached hydrogens (tertiary/aromatic N) is 2. The summed E-state index contributed by atoms with van der Waals surface area (Å²) in [5.74, 6) is 1.86. The molecule has 3 aromatic rings. The monoisotopic (exact) mass is 330 g/mol. The predicted octanol–water partition coefficient (Wildman–Crippen LogP) is 4.33. The maximum atomic E-state index is 5.38. The van der Waals surface area contributed by atoms with E-state index in [4.69, 9.17) is 4.74 Å². The lowest BCUT2D eigenvalue weighted by Gasteiger charge is -2.08. The molecule has 0 saturated heterocycles. The van der Waals surface area contributed by atoms with Gasteiger partial charge in [-0.3, -0.25) is 4.40 Å². The Morgan fingerprint density at radius 3 is 2.85 bits per heavy atom. The Hall–Kier alpha value is -1.81. The van der Waals surface area contributed by atoms with Crippen molar-refractivity contribution in [3.05, 3.63) is 52.8 Å². The SMILES string of the molecule is CCc1cc(-c2nc(Br)c3ccccn23)ccc1OC. The van der Waals surface area contributed by atoms with E-state index in [9.17, 15) is 0 Å². The summed E-state index contributed by atoms with van der Waals surface area (Å²) in [6.07, 6.45) is 2.96. The molecule has 2 heterocycles. The van der Waals surface area contributed by atoms with Gasteiger partial charge in [-0.1, -0.05) is 13.0 Å². The van der Waals surface area contributed by atoms with Crippen LogP contribution >= 0.6 is 15.9 Å². The summed E-state index contributed by atoms with van der Waals surface area (Å²) in [4.78, 5) is 4.63. The molecule has 0 aliphatic rings. The van der Waals surface area contributed by atoms with Crippen molar-refractivity contribution in [2.24, 2.45) is 0 Å². The van der Waals surface area contributed by atoms with Gasteiger partial charge in [-0.15, -0.1) is 0 Å². The summed E-state index contributed by atoms with van der Waals surface area (Å²) in [6.45, 7) is 2.13. The molecule has 0 fully saturated rings. The number of hydrogen-bond acceptors (Lipinski definition) is 2. The number of aromatic nitrogens is 2. The fourth-order valence-corrected chi connectivity index (χ4v) is 2.89. The summed E-state index contributed by atoms with van der Waals surface area (Å²) in [5.41, 5.74) is 3.35. The second kappa shape index (κ2) is 5.29. The second-order valence-electron chi connectivity index (χ2n) is 4.56. The molecule has 102 valence electrons. The molecule has 20 heavy (non-hydrogen) atoms. The number of imidazole rings is 1. The first kappa shape index (κ1) is 13.2. The normalized spacial score (nSPS) is 10.9. The van der Waals surface area contributed by atoms with Crippen LogP contribution in [0.2, 0.25) is 0 Å². The van der Waals surface area contributed by atoms with E-state index in [1.165, 1.54) is 5.56 Å². The molecular weight excluding hydrogens is 316 g/mol. The first-order valence-corrected chi connectivity index (χ1v) is 7.33. The summed E-state index contributed by atoms with van der Waals surface area (Å²) in [6, 6.07) is 12.3. The second-order valence-corrected chi connectivity index (χ2v) is 5.31. The smallest absolute Gasteiger partial charge is 0.145 e. The van der Waals surface area contributed by atoms with Crippen molar-refractivity contribution in [3.8, 4) is 17.1 Å². The van der Waals surface area contributed by atoms with E-state index >= 15 is 0 Å². The summed E-state index contributed by atoms with van der Waals surface area (Å²) >= 11 is 3.52. The molecule has 0 aliphatic heterocycles. The molecule has 1 aromatic carbocycles. The van der Waals surface area contributed by atoms with Crippen molar-refractivity contribution in [2.75, 3.05) is 7.11 Å². The van der Waals surface area contributed by atoms with Gasteiger partial charge in [0.25, 0.3) is 0 Å². The summed E-state index contributed by atoms with van der Waals surface area (Å²) in [5, 5.41) is 0. The molecule has 0 spiro atoms. The van der Waals surface area contributed by atoms with Crippen molar-refractivity contribution < 1.29 is 4.74 Å². The van der Waals surface area contributed by atoms with Gasteiger partial charge in [0.2, 0.25) is 0 Å². The highest BCUT2D eigenvalue weighted by atomic mass is 79.9. The van der Waals surface area contributed by atoms with Crippen molar-refractivity contribution in [2.45, 2.75) is 13.3 Å². The molecule has 3 rings (SSSR count). The van der Waals surface area contributed by atoms with Crippen LogP contribution < -0.4 is 4.74 Å². The highest BCUT2D eigenvalue weighted by Gasteiger charge is 2.12. The molecule has 0 atom stereocenters. The van der Waals surface area contributed by atoms with Gasteiger partial charge in [-0.25, -0.2) is 4.98 Å². The Labute approximate surface area is 126 Å². The van der Waals surface area contributed by atoms with Crippen LogP contribution in [0.3, 0.4) is 0 Å². The third-order valence-electron chi connectivity index (χ3n) is 3.42. The van der Waals surface area contributed by atoms with Crippen molar-refractivity contribution in [1.29, 1.82) is 0 Å². The molecule has 0 unspecified atom stereocenters. The predicted molar refractivity (Wildman–Crippen MR) is 84.3 cm³/mol. The zero-order chi connectivity index (χ0) is 14.1. The molecule has 0 bridgehead atoms. The van der Waals surface area contributed by atoms with E-state index in [1.807, 2.05) is 36.5 Å². The Kier molecular flexibility index (Phi) is 3.49. The van der Waals surface area contributed by atoms with Crippen LogP contribution in [0, 0.1) is 0 Å².